The van der Waals surface area contributed by atoms with Gasteiger partial charge in [-0.3, -0.25) is 14.9 Å². The van der Waals surface area contributed by atoms with Crippen LogP contribution >= 0.6 is 0 Å². The van der Waals surface area contributed by atoms with Crippen LogP contribution < -0.4 is 4.74 Å². The summed E-state index contributed by atoms with van der Waals surface area (Å²) >= 11 is 0. The van der Waals surface area contributed by atoms with Crippen LogP contribution in [0.15, 0.2) is 84.4 Å². The first-order valence-electron chi connectivity index (χ1n) is 8.74. The van der Waals surface area contributed by atoms with Crippen LogP contribution in [0.1, 0.15) is 21.5 Å². The van der Waals surface area contributed by atoms with Gasteiger partial charge in [-0.1, -0.05) is 42.5 Å². The van der Waals surface area contributed by atoms with Gasteiger partial charge in [0.1, 0.15) is 24.0 Å². The van der Waals surface area contributed by atoms with Gasteiger partial charge in [0.2, 0.25) is 5.78 Å². The van der Waals surface area contributed by atoms with Crippen molar-refractivity contribution in [2.45, 2.75) is 6.61 Å². The van der Waals surface area contributed by atoms with Gasteiger partial charge in [-0.2, -0.15) is 5.26 Å². The van der Waals surface area contributed by atoms with Gasteiger partial charge in [0.05, 0.1) is 4.92 Å². The van der Waals surface area contributed by atoms with Crippen molar-refractivity contribution in [1.29, 1.82) is 5.26 Å². The van der Waals surface area contributed by atoms with Crippen molar-refractivity contribution in [2.75, 3.05) is 0 Å². The minimum Gasteiger partial charge on any atom is -0.489 e. The van der Waals surface area contributed by atoms with E-state index in [1.165, 1.54) is 18.2 Å². The van der Waals surface area contributed by atoms with Crippen molar-refractivity contribution in [3.05, 3.63) is 111 Å². The SMILES string of the molecule is N#CC(=Cc1cccc(OCc2ccc([N+](=O)[O-])cc2)c1)C(=O)c1ccccc1. The van der Waals surface area contributed by atoms with E-state index in [2.05, 4.69) is 0 Å². The summed E-state index contributed by atoms with van der Waals surface area (Å²) in [6.45, 7) is 0.235. The molecular formula is C23H16N2O4. The number of allylic oxidation sites excluding steroid dienone is 1. The largest absolute Gasteiger partial charge is 0.489 e. The second-order valence-electron chi connectivity index (χ2n) is 6.15. The van der Waals surface area contributed by atoms with E-state index in [4.69, 9.17) is 4.74 Å². The molecule has 0 aliphatic heterocycles. The number of nitriles is 1. The maximum atomic E-state index is 12.5. The summed E-state index contributed by atoms with van der Waals surface area (Å²) in [5.74, 6) is 0.215. The lowest BCUT2D eigenvalue weighted by molar-refractivity contribution is -0.384. The number of nitrogens with zero attached hydrogens (tertiary/aromatic N) is 2. The molecule has 0 spiro atoms. The van der Waals surface area contributed by atoms with Gasteiger partial charge in [0.25, 0.3) is 5.69 Å². The third-order valence-corrected chi connectivity index (χ3v) is 4.12. The van der Waals surface area contributed by atoms with E-state index in [0.717, 1.165) is 5.56 Å². The Labute approximate surface area is 167 Å². The number of rotatable bonds is 7. The third kappa shape index (κ3) is 5.15. The maximum absolute atomic E-state index is 12.5. The molecule has 6 nitrogen and oxygen atoms in total. The summed E-state index contributed by atoms with van der Waals surface area (Å²) in [5, 5.41) is 20.1. The smallest absolute Gasteiger partial charge is 0.269 e. The van der Waals surface area contributed by atoms with Crippen LogP contribution in [0.5, 0.6) is 5.75 Å². The Morgan fingerprint density at radius 2 is 1.76 bits per heavy atom. The molecule has 0 saturated carbocycles. The summed E-state index contributed by atoms with van der Waals surface area (Å²) in [6, 6.07) is 23.7. The second-order valence-corrected chi connectivity index (χ2v) is 6.15. The third-order valence-electron chi connectivity index (χ3n) is 4.12. The van der Waals surface area contributed by atoms with Crippen LogP contribution in [-0.4, -0.2) is 10.7 Å². The number of non-ortho nitro benzene ring substituents is 1. The Kier molecular flexibility index (Phi) is 6.13. The quantitative estimate of drug-likeness (QED) is 0.189. The van der Waals surface area contributed by atoms with Crippen molar-refractivity contribution in [1.82, 2.24) is 0 Å². The Morgan fingerprint density at radius 1 is 1.03 bits per heavy atom. The molecule has 29 heavy (non-hydrogen) atoms. The lowest BCUT2D eigenvalue weighted by Gasteiger charge is -2.07. The molecule has 0 N–H and O–H groups in total. The highest BCUT2D eigenvalue weighted by Crippen LogP contribution is 2.19. The molecule has 0 atom stereocenters. The van der Waals surface area contributed by atoms with Crippen LogP contribution in [0.3, 0.4) is 0 Å². The summed E-state index contributed by atoms with van der Waals surface area (Å²) < 4.78 is 5.73. The summed E-state index contributed by atoms with van der Waals surface area (Å²) in [6.07, 6.45) is 1.52. The topological polar surface area (TPSA) is 93.2 Å². The molecule has 0 unspecified atom stereocenters. The number of hydrogen-bond acceptors (Lipinski definition) is 5. The predicted molar refractivity (Wildman–Crippen MR) is 108 cm³/mol. The summed E-state index contributed by atoms with van der Waals surface area (Å²) in [4.78, 5) is 22.7. The van der Waals surface area contributed by atoms with E-state index in [0.29, 0.717) is 16.9 Å². The van der Waals surface area contributed by atoms with Crippen molar-refractivity contribution in [3.63, 3.8) is 0 Å². The number of carbonyl (C=O) groups excluding carboxylic acids is 1. The minimum atomic E-state index is -0.454. The van der Waals surface area contributed by atoms with E-state index in [9.17, 15) is 20.2 Å². The first kappa shape index (κ1) is 19.5. The van der Waals surface area contributed by atoms with Crippen LogP contribution in [0.25, 0.3) is 6.08 Å². The number of nitro groups is 1. The highest BCUT2D eigenvalue weighted by Gasteiger charge is 2.11. The zero-order valence-corrected chi connectivity index (χ0v) is 15.3. The average Bonchev–Trinajstić information content (AvgIpc) is 2.76. The van der Waals surface area contributed by atoms with Crippen LogP contribution in [-0.2, 0) is 6.61 Å². The number of ether oxygens (including phenoxy) is 1. The average molecular weight is 384 g/mol. The van der Waals surface area contributed by atoms with Crippen LogP contribution in [0.2, 0.25) is 0 Å². The van der Waals surface area contributed by atoms with E-state index in [-0.39, 0.29) is 23.7 Å². The molecule has 3 rings (SSSR count). The monoisotopic (exact) mass is 384 g/mol. The molecule has 0 amide bonds. The van der Waals surface area contributed by atoms with Crippen LogP contribution in [0.4, 0.5) is 5.69 Å². The Balaban J connectivity index is 1.73. The van der Waals surface area contributed by atoms with Gasteiger partial charge in [-0.25, -0.2) is 0 Å². The molecule has 0 radical (unpaired) electrons. The van der Waals surface area contributed by atoms with Crippen LogP contribution in [0, 0.1) is 21.4 Å². The molecule has 6 heteroatoms. The first-order valence-corrected chi connectivity index (χ1v) is 8.74. The fourth-order valence-electron chi connectivity index (χ4n) is 2.63. The summed E-state index contributed by atoms with van der Waals surface area (Å²) in [5.41, 5.74) is 1.95. The number of carbonyl (C=O) groups is 1. The molecule has 142 valence electrons. The molecule has 0 aromatic heterocycles. The zero-order valence-electron chi connectivity index (χ0n) is 15.3. The number of benzene rings is 3. The minimum absolute atomic E-state index is 0.0213. The van der Waals surface area contributed by atoms with Crippen molar-refractivity contribution >= 4 is 17.5 Å². The van der Waals surface area contributed by atoms with Gasteiger partial charge < -0.3 is 4.74 Å². The molecule has 0 fully saturated rings. The fourth-order valence-corrected chi connectivity index (χ4v) is 2.63. The van der Waals surface area contributed by atoms with E-state index in [1.807, 2.05) is 6.07 Å². The summed E-state index contributed by atoms with van der Waals surface area (Å²) in [7, 11) is 0. The van der Waals surface area contributed by atoms with Gasteiger partial charge >= 0.3 is 0 Å². The molecule has 0 saturated heterocycles. The van der Waals surface area contributed by atoms with Gasteiger partial charge in [-0.15, -0.1) is 0 Å². The van der Waals surface area contributed by atoms with Gasteiger partial charge in [0, 0.05) is 17.7 Å². The predicted octanol–water partition coefficient (Wildman–Crippen LogP) is 4.96. The molecule has 0 aliphatic carbocycles. The Hall–Kier alpha value is -4.24. The highest BCUT2D eigenvalue weighted by molar-refractivity contribution is 6.14. The number of nitro benzene ring substituents is 1. The number of Topliss-reactive ketones (excluding diaryl/α,β-unsaturated/α-hetero) is 1. The van der Waals surface area contributed by atoms with Crippen molar-refractivity contribution in [3.8, 4) is 11.8 Å². The van der Waals surface area contributed by atoms with Crippen molar-refractivity contribution < 1.29 is 14.5 Å². The molecule has 0 aliphatic rings. The molecular weight excluding hydrogens is 368 g/mol. The van der Waals surface area contributed by atoms with E-state index in [1.54, 1.807) is 66.7 Å². The van der Waals surface area contributed by atoms with E-state index < -0.39 is 4.92 Å². The zero-order chi connectivity index (χ0) is 20.6. The maximum Gasteiger partial charge on any atom is 0.269 e. The Morgan fingerprint density at radius 3 is 2.41 bits per heavy atom. The first-order chi connectivity index (χ1) is 14.1. The van der Waals surface area contributed by atoms with Gasteiger partial charge in [-0.05, 0) is 41.5 Å². The fraction of sp³-hybridized carbons (Fsp3) is 0.0435. The number of ketones is 1. The Bertz CT molecular complexity index is 1100. The number of hydrogen-bond donors (Lipinski definition) is 0. The standard InChI is InChI=1S/C23H16N2O4/c24-15-20(23(26)19-6-2-1-3-7-19)13-18-5-4-8-22(14-18)29-16-17-9-11-21(12-10-17)25(27)28/h1-14H,16H2. The highest BCUT2D eigenvalue weighted by atomic mass is 16.6. The molecule has 0 bridgehead atoms. The molecule has 3 aromatic rings. The lowest BCUT2D eigenvalue weighted by Crippen LogP contribution is -2.01. The van der Waals surface area contributed by atoms with Gasteiger partial charge in [0.15, 0.2) is 0 Å². The molecule has 0 heterocycles. The van der Waals surface area contributed by atoms with Crippen molar-refractivity contribution in [2.24, 2.45) is 0 Å². The second kappa shape index (κ2) is 9.11. The lowest BCUT2D eigenvalue weighted by atomic mass is 10.0. The molecule has 3 aromatic carbocycles. The van der Waals surface area contributed by atoms with E-state index >= 15 is 0 Å². The normalized spacial score (nSPS) is 10.8.